The Kier molecular flexibility index (Phi) is 4.12. The molecule has 0 amide bonds. The number of rotatable bonds is 4. The van der Waals surface area contributed by atoms with E-state index in [1.807, 2.05) is 6.07 Å². The Balaban J connectivity index is 2.35. The SMILES string of the molecule is CNCc1cc(F)cc(N(C)c2cccc(F)c2)c1. The Morgan fingerprint density at radius 2 is 1.74 bits per heavy atom. The van der Waals surface area contributed by atoms with Crippen LogP contribution in [0, 0.1) is 11.6 Å². The fourth-order valence-electron chi connectivity index (χ4n) is 1.97. The van der Waals surface area contributed by atoms with Gasteiger partial charge in [-0.05, 0) is 49.0 Å². The highest BCUT2D eigenvalue weighted by Crippen LogP contribution is 2.25. The number of hydrogen-bond acceptors (Lipinski definition) is 2. The molecule has 0 unspecified atom stereocenters. The summed E-state index contributed by atoms with van der Waals surface area (Å²) in [5.41, 5.74) is 2.22. The Hall–Kier alpha value is -1.94. The second-order valence-electron chi connectivity index (χ2n) is 4.39. The van der Waals surface area contributed by atoms with Crippen molar-refractivity contribution in [3.8, 4) is 0 Å². The maximum Gasteiger partial charge on any atom is 0.125 e. The molecule has 0 heterocycles. The average molecular weight is 262 g/mol. The van der Waals surface area contributed by atoms with Crippen LogP contribution in [0.2, 0.25) is 0 Å². The van der Waals surface area contributed by atoms with Gasteiger partial charge in [0, 0.05) is 25.0 Å². The van der Waals surface area contributed by atoms with Crippen molar-refractivity contribution in [2.45, 2.75) is 6.54 Å². The van der Waals surface area contributed by atoms with E-state index in [1.165, 1.54) is 24.3 Å². The Labute approximate surface area is 111 Å². The first-order valence-corrected chi connectivity index (χ1v) is 6.03. The van der Waals surface area contributed by atoms with Crippen molar-refractivity contribution >= 4 is 11.4 Å². The molecular weight excluding hydrogens is 246 g/mol. The van der Waals surface area contributed by atoms with Gasteiger partial charge in [-0.25, -0.2) is 8.78 Å². The number of nitrogens with zero attached hydrogens (tertiary/aromatic N) is 1. The Morgan fingerprint density at radius 3 is 2.42 bits per heavy atom. The van der Waals surface area contributed by atoms with Crippen LogP contribution in [-0.4, -0.2) is 14.1 Å². The molecule has 0 bridgehead atoms. The van der Waals surface area contributed by atoms with Gasteiger partial charge in [-0.3, -0.25) is 0 Å². The second-order valence-corrected chi connectivity index (χ2v) is 4.39. The molecule has 4 heteroatoms. The summed E-state index contributed by atoms with van der Waals surface area (Å²) in [6, 6.07) is 11.0. The van der Waals surface area contributed by atoms with Crippen molar-refractivity contribution in [3.05, 3.63) is 59.7 Å². The zero-order chi connectivity index (χ0) is 13.8. The molecule has 0 aromatic heterocycles. The van der Waals surface area contributed by atoms with Crippen molar-refractivity contribution in [1.29, 1.82) is 0 Å². The van der Waals surface area contributed by atoms with Gasteiger partial charge < -0.3 is 10.2 Å². The predicted octanol–water partition coefficient (Wildman–Crippen LogP) is 3.45. The van der Waals surface area contributed by atoms with E-state index >= 15 is 0 Å². The minimum atomic E-state index is -0.309. The quantitative estimate of drug-likeness (QED) is 0.907. The van der Waals surface area contributed by atoms with Crippen LogP contribution in [0.5, 0.6) is 0 Å². The molecule has 1 N–H and O–H groups in total. The van der Waals surface area contributed by atoms with Gasteiger partial charge in [-0.2, -0.15) is 0 Å². The Morgan fingerprint density at radius 1 is 1.00 bits per heavy atom. The predicted molar refractivity (Wildman–Crippen MR) is 73.6 cm³/mol. The van der Waals surface area contributed by atoms with E-state index in [-0.39, 0.29) is 11.6 Å². The van der Waals surface area contributed by atoms with Crippen LogP contribution >= 0.6 is 0 Å². The molecular formula is C15H16F2N2. The lowest BCUT2D eigenvalue weighted by Crippen LogP contribution is -2.12. The molecule has 2 aromatic carbocycles. The van der Waals surface area contributed by atoms with E-state index in [0.717, 1.165) is 5.56 Å². The summed E-state index contributed by atoms with van der Waals surface area (Å²) in [7, 11) is 3.59. The third-order valence-electron chi connectivity index (χ3n) is 2.91. The van der Waals surface area contributed by atoms with Gasteiger partial charge in [0.1, 0.15) is 11.6 Å². The molecule has 0 spiro atoms. The smallest absolute Gasteiger partial charge is 0.125 e. The number of nitrogens with one attached hydrogen (secondary N) is 1. The van der Waals surface area contributed by atoms with E-state index in [2.05, 4.69) is 5.32 Å². The minimum absolute atomic E-state index is 0.300. The summed E-state index contributed by atoms with van der Waals surface area (Å²) in [6.45, 7) is 0.585. The molecule has 0 fully saturated rings. The van der Waals surface area contributed by atoms with Gasteiger partial charge in [-0.1, -0.05) is 6.07 Å². The molecule has 0 aliphatic heterocycles. The van der Waals surface area contributed by atoms with Gasteiger partial charge in [0.05, 0.1) is 0 Å². The number of benzene rings is 2. The molecule has 0 radical (unpaired) electrons. The highest BCUT2D eigenvalue weighted by Gasteiger charge is 2.08. The number of anilines is 2. The molecule has 2 rings (SSSR count). The molecule has 0 atom stereocenters. The summed E-state index contributed by atoms with van der Waals surface area (Å²) in [6.07, 6.45) is 0. The number of halogens is 2. The molecule has 0 aliphatic rings. The minimum Gasteiger partial charge on any atom is -0.344 e. The van der Waals surface area contributed by atoms with Crippen molar-refractivity contribution in [2.75, 3.05) is 19.0 Å². The lowest BCUT2D eigenvalue weighted by Gasteiger charge is -2.20. The maximum atomic E-state index is 13.6. The van der Waals surface area contributed by atoms with E-state index < -0.39 is 0 Å². The largest absolute Gasteiger partial charge is 0.344 e. The van der Waals surface area contributed by atoms with Crippen molar-refractivity contribution in [2.24, 2.45) is 0 Å². The van der Waals surface area contributed by atoms with Crippen LogP contribution in [0.4, 0.5) is 20.2 Å². The van der Waals surface area contributed by atoms with Crippen molar-refractivity contribution in [1.82, 2.24) is 5.32 Å². The molecule has 0 aliphatic carbocycles. The third kappa shape index (κ3) is 3.29. The summed E-state index contributed by atoms with van der Waals surface area (Å²) in [5.74, 6) is -0.609. The normalized spacial score (nSPS) is 10.5. The molecule has 19 heavy (non-hydrogen) atoms. The monoisotopic (exact) mass is 262 g/mol. The molecule has 100 valence electrons. The van der Waals surface area contributed by atoms with Crippen LogP contribution in [0.25, 0.3) is 0 Å². The fraction of sp³-hybridized carbons (Fsp3) is 0.200. The topological polar surface area (TPSA) is 15.3 Å². The van der Waals surface area contributed by atoms with Gasteiger partial charge in [-0.15, -0.1) is 0 Å². The van der Waals surface area contributed by atoms with Crippen LogP contribution in [0.15, 0.2) is 42.5 Å². The van der Waals surface area contributed by atoms with E-state index in [1.54, 1.807) is 31.1 Å². The summed E-state index contributed by atoms with van der Waals surface area (Å²) in [4.78, 5) is 1.76. The average Bonchev–Trinajstić information content (AvgIpc) is 2.37. The summed E-state index contributed by atoms with van der Waals surface area (Å²) in [5, 5.41) is 2.98. The Bertz CT molecular complexity index is 570. The van der Waals surface area contributed by atoms with Crippen LogP contribution in [-0.2, 0) is 6.54 Å². The van der Waals surface area contributed by atoms with E-state index in [0.29, 0.717) is 17.9 Å². The highest BCUT2D eigenvalue weighted by atomic mass is 19.1. The lowest BCUT2D eigenvalue weighted by atomic mass is 10.1. The lowest BCUT2D eigenvalue weighted by molar-refractivity contribution is 0.623. The van der Waals surface area contributed by atoms with Crippen molar-refractivity contribution < 1.29 is 8.78 Å². The third-order valence-corrected chi connectivity index (χ3v) is 2.91. The standard InChI is InChI=1S/C15H16F2N2/c1-18-10-11-6-13(17)9-15(7-11)19(2)14-5-3-4-12(16)8-14/h3-9,18H,10H2,1-2H3. The molecule has 0 saturated carbocycles. The van der Waals surface area contributed by atoms with Crippen molar-refractivity contribution in [3.63, 3.8) is 0 Å². The van der Waals surface area contributed by atoms with E-state index in [4.69, 9.17) is 0 Å². The van der Waals surface area contributed by atoms with Crippen LogP contribution in [0.3, 0.4) is 0 Å². The van der Waals surface area contributed by atoms with Crippen LogP contribution in [0.1, 0.15) is 5.56 Å². The fourth-order valence-corrected chi connectivity index (χ4v) is 1.97. The van der Waals surface area contributed by atoms with Gasteiger partial charge in [0.25, 0.3) is 0 Å². The first-order chi connectivity index (χ1) is 9.10. The zero-order valence-electron chi connectivity index (χ0n) is 11.0. The number of hydrogen-bond donors (Lipinski definition) is 1. The molecule has 2 aromatic rings. The highest BCUT2D eigenvalue weighted by molar-refractivity contribution is 5.63. The summed E-state index contributed by atoms with van der Waals surface area (Å²) < 4.78 is 26.8. The van der Waals surface area contributed by atoms with Gasteiger partial charge >= 0.3 is 0 Å². The van der Waals surface area contributed by atoms with E-state index in [9.17, 15) is 8.78 Å². The first-order valence-electron chi connectivity index (χ1n) is 6.03. The molecule has 2 nitrogen and oxygen atoms in total. The summed E-state index contributed by atoms with van der Waals surface area (Å²) >= 11 is 0. The maximum absolute atomic E-state index is 13.6. The first kappa shape index (κ1) is 13.5. The second kappa shape index (κ2) is 5.80. The van der Waals surface area contributed by atoms with Gasteiger partial charge in [0.2, 0.25) is 0 Å². The van der Waals surface area contributed by atoms with Crippen LogP contribution < -0.4 is 10.2 Å². The zero-order valence-corrected chi connectivity index (χ0v) is 11.0. The van der Waals surface area contributed by atoms with Gasteiger partial charge in [0.15, 0.2) is 0 Å². The molecule has 0 saturated heterocycles.